The van der Waals surface area contributed by atoms with Gasteiger partial charge in [-0.15, -0.1) is 0 Å². The van der Waals surface area contributed by atoms with Crippen molar-refractivity contribution >= 4 is 5.91 Å². The number of aromatic nitrogens is 1. The van der Waals surface area contributed by atoms with Crippen LogP contribution in [0, 0.1) is 23.2 Å². The first-order valence-electron chi connectivity index (χ1n) is 7.66. The van der Waals surface area contributed by atoms with Gasteiger partial charge in [0, 0.05) is 24.0 Å². The zero-order valence-electron chi connectivity index (χ0n) is 13.3. The molecule has 124 valence electrons. The van der Waals surface area contributed by atoms with Crippen molar-refractivity contribution in [3.63, 3.8) is 0 Å². The van der Waals surface area contributed by atoms with Gasteiger partial charge in [-0.05, 0) is 24.2 Å². The van der Waals surface area contributed by atoms with E-state index >= 15 is 0 Å². The Morgan fingerprint density at radius 2 is 2.00 bits per heavy atom. The number of nitrogen functional groups attached to an aromatic ring is 1. The van der Waals surface area contributed by atoms with Crippen molar-refractivity contribution in [3.05, 3.63) is 30.1 Å². The van der Waals surface area contributed by atoms with Crippen LogP contribution in [0.25, 0.3) is 0 Å². The maximum Gasteiger partial charge on any atom is 0.296 e. The van der Waals surface area contributed by atoms with Crippen molar-refractivity contribution in [1.29, 1.82) is 0 Å². The predicted octanol–water partition coefficient (Wildman–Crippen LogP) is -5.21. The van der Waals surface area contributed by atoms with Crippen LogP contribution >= 0.6 is 0 Å². The van der Waals surface area contributed by atoms with Gasteiger partial charge in [0.2, 0.25) is 0 Å². The van der Waals surface area contributed by atoms with Crippen molar-refractivity contribution in [3.8, 4) is 0 Å². The van der Waals surface area contributed by atoms with Gasteiger partial charge in [-0.25, -0.2) is 15.8 Å². The molecule has 6 heteroatoms. The Kier molecular flexibility index (Phi) is 6.25. The second-order valence-corrected chi connectivity index (χ2v) is 6.83. The molecule has 1 heterocycles. The highest BCUT2D eigenvalue weighted by atomic mass is 35.5. The van der Waals surface area contributed by atoms with Crippen LogP contribution in [-0.2, 0) is 0 Å². The molecule has 4 nitrogen and oxygen atoms in total. The Labute approximate surface area is 144 Å². The molecule has 3 rings (SSSR count). The zero-order chi connectivity index (χ0) is 14.3. The highest BCUT2D eigenvalue weighted by Crippen LogP contribution is 2.68. The van der Waals surface area contributed by atoms with E-state index in [9.17, 15) is 4.79 Å². The number of pyridine rings is 1. The summed E-state index contributed by atoms with van der Waals surface area (Å²) in [6.45, 7) is 7.01. The minimum Gasteiger partial charge on any atom is -1.00 e. The zero-order valence-corrected chi connectivity index (χ0v) is 14.8. The van der Waals surface area contributed by atoms with E-state index in [1.807, 2.05) is 0 Å². The first-order valence-corrected chi connectivity index (χ1v) is 7.66. The maximum atomic E-state index is 12.1. The maximum absolute atomic E-state index is 12.1. The normalized spacial score (nSPS) is 31.7. The van der Waals surface area contributed by atoms with Gasteiger partial charge in [0.05, 0.1) is 5.56 Å². The number of nitrogens with one attached hydrogen (secondary N) is 2. The lowest BCUT2D eigenvalue weighted by atomic mass is 9.86. The number of amides is 1. The minimum absolute atomic E-state index is 0. The van der Waals surface area contributed by atoms with Gasteiger partial charge in [0.25, 0.3) is 5.91 Å². The number of carbonyl (C=O) groups excluding carboxylic acids is 1. The van der Waals surface area contributed by atoms with Gasteiger partial charge in [-0.1, -0.05) is 20.8 Å². The third-order valence-electron chi connectivity index (χ3n) is 5.58. The van der Waals surface area contributed by atoms with E-state index < -0.39 is 0 Å². The van der Waals surface area contributed by atoms with E-state index in [4.69, 9.17) is 0 Å². The second-order valence-electron chi connectivity index (χ2n) is 6.83. The van der Waals surface area contributed by atoms with Crippen LogP contribution in [0.15, 0.2) is 24.5 Å². The van der Waals surface area contributed by atoms with Crippen molar-refractivity contribution < 1.29 is 40.0 Å². The fraction of sp³-hybridized carbons (Fsp3) is 0.625. The van der Waals surface area contributed by atoms with Crippen molar-refractivity contribution in [1.82, 2.24) is 5.43 Å². The Morgan fingerprint density at radius 3 is 2.55 bits per heavy atom. The molecule has 2 saturated carbocycles. The third-order valence-corrected chi connectivity index (χ3v) is 5.58. The molecular weight excluding hydrogens is 321 g/mol. The average Bonchev–Trinajstić information content (AvgIpc) is 3.15. The Balaban J connectivity index is 0.00000121. The van der Waals surface area contributed by atoms with Crippen LogP contribution in [0.2, 0.25) is 0 Å². The largest absolute Gasteiger partial charge is 1.00 e. The second kappa shape index (κ2) is 7.16. The lowest BCUT2D eigenvalue weighted by Gasteiger charge is -2.24. The number of hydrogen-bond acceptors (Lipinski definition) is 1. The SMILES string of the molecule is CC1CC([NH2+]NC(=O)c2cc[nH+]cc2)C2(C(C)C)CC12.[Cl-].[Cl-]. The molecule has 0 radical (unpaired) electrons. The number of quaternary nitrogens is 1. The van der Waals surface area contributed by atoms with Gasteiger partial charge in [0.1, 0.15) is 6.04 Å². The van der Waals surface area contributed by atoms with Crippen molar-refractivity contribution in [2.24, 2.45) is 23.2 Å². The summed E-state index contributed by atoms with van der Waals surface area (Å²) in [4.78, 5) is 15.1. The Hall–Kier alpha value is -0.840. The quantitative estimate of drug-likeness (QED) is 0.320. The summed E-state index contributed by atoms with van der Waals surface area (Å²) in [5.74, 6) is 2.35. The molecule has 0 aliphatic heterocycles. The number of fused-ring (bicyclic) bond motifs is 1. The number of H-pyrrole nitrogens is 1. The summed E-state index contributed by atoms with van der Waals surface area (Å²) in [7, 11) is 0. The minimum atomic E-state index is -0.00495. The van der Waals surface area contributed by atoms with E-state index in [0.717, 1.165) is 11.8 Å². The summed E-state index contributed by atoms with van der Waals surface area (Å²) in [6.07, 6.45) is 6.10. The fourth-order valence-corrected chi connectivity index (χ4v) is 4.38. The lowest BCUT2D eigenvalue weighted by molar-refractivity contribution is -0.738. The molecule has 4 atom stereocenters. The van der Waals surface area contributed by atoms with E-state index in [-0.39, 0.29) is 30.7 Å². The van der Waals surface area contributed by atoms with Crippen LogP contribution in [0.3, 0.4) is 0 Å². The molecule has 0 spiro atoms. The van der Waals surface area contributed by atoms with E-state index in [2.05, 4.69) is 36.6 Å². The number of halogens is 2. The monoisotopic (exact) mass is 345 g/mol. The van der Waals surface area contributed by atoms with Gasteiger partial charge < -0.3 is 24.8 Å². The number of carbonyl (C=O) groups is 1. The average molecular weight is 346 g/mol. The van der Waals surface area contributed by atoms with Gasteiger partial charge in [0.15, 0.2) is 12.4 Å². The standard InChI is InChI=1S/C16H23N3O.2ClH/c1-10(2)16-9-13(16)11(3)8-14(16)18-19-15(20)12-4-6-17-7-5-12;;/h4-7,10-11,13-14,18H,8-9H2,1-3H3,(H,19,20);2*1H. The lowest BCUT2D eigenvalue weighted by Crippen LogP contribution is -3.00. The number of aromatic amines is 1. The summed E-state index contributed by atoms with van der Waals surface area (Å²) in [5.41, 5.74) is 6.25. The number of nitrogens with two attached hydrogens (primary N) is 1. The summed E-state index contributed by atoms with van der Waals surface area (Å²) in [5, 5.41) is 0. The summed E-state index contributed by atoms with van der Waals surface area (Å²) >= 11 is 0. The van der Waals surface area contributed by atoms with Crippen LogP contribution in [0.5, 0.6) is 0 Å². The van der Waals surface area contributed by atoms with Crippen LogP contribution in [0.1, 0.15) is 44.0 Å². The molecule has 2 aliphatic carbocycles. The summed E-state index contributed by atoms with van der Waals surface area (Å²) < 4.78 is 0. The molecule has 0 saturated heterocycles. The molecule has 1 aromatic rings. The molecule has 0 aromatic carbocycles. The van der Waals surface area contributed by atoms with E-state index in [1.165, 1.54) is 12.8 Å². The van der Waals surface area contributed by atoms with Crippen LogP contribution in [0.4, 0.5) is 0 Å². The Morgan fingerprint density at radius 1 is 1.36 bits per heavy atom. The molecule has 4 unspecified atom stereocenters. The van der Waals surface area contributed by atoms with Gasteiger partial charge in [-0.2, -0.15) is 0 Å². The van der Waals surface area contributed by atoms with Gasteiger partial charge >= 0.3 is 0 Å². The van der Waals surface area contributed by atoms with Crippen molar-refractivity contribution in [2.45, 2.75) is 39.7 Å². The molecular formula is C16H25Cl2N3O. The molecule has 2 fully saturated rings. The van der Waals surface area contributed by atoms with Gasteiger partial charge in [-0.3, -0.25) is 4.79 Å². The third kappa shape index (κ3) is 3.10. The molecule has 0 bridgehead atoms. The van der Waals surface area contributed by atoms with E-state index in [0.29, 0.717) is 22.9 Å². The Bertz CT molecular complexity index is 511. The van der Waals surface area contributed by atoms with Crippen LogP contribution < -0.4 is 40.6 Å². The highest BCUT2D eigenvalue weighted by molar-refractivity contribution is 5.92. The first kappa shape index (κ1) is 19.2. The first-order chi connectivity index (χ1) is 9.55. The molecule has 4 N–H and O–H groups in total. The molecule has 1 aromatic heterocycles. The number of hydrogen-bond donors (Lipinski definition) is 2. The topological polar surface area (TPSA) is 59.9 Å². The predicted molar refractivity (Wildman–Crippen MR) is 75.3 cm³/mol. The number of rotatable bonds is 4. The van der Waals surface area contributed by atoms with Crippen molar-refractivity contribution in [2.75, 3.05) is 0 Å². The summed E-state index contributed by atoms with van der Waals surface area (Å²) in [6, 6.07) is 4.14. The molecule has 22 heavy (non-hydrogen) atoms. The van der Waals surface area contributed by atoms with E-state index in [1.54, 1.807) is 24.5 Å². The molecule has 2 aliphatic rings. The fourth-order valence-electron chi connectivity index (χ4n) is 4.38. The highest BCUT2D eigenvalue weighted by Gasteiger charge is 2.69. The molecule has 1 amide bonds. The smallest absolute Gasteiger partial charge is 0.296 e. The van der Waals surface area contributed by atoms with Crippen LogP contribution in [-0.4, -0.2) is 11.9 Å².